The number of anilines is 1. The molecule has 20 heavy (non-hydrogen) atoms. The lowest BCUT2D eigenvalue weighted by Crippen LogP contribution is -2.12. The minimum absolute atomic E-state index is 0.165. The van der Waals surface area contributed by atoms with Crippen LogP contribution in [0.3, 0.4) is 0 Å². The van der Waals surface area contributed by atoms with Gasteiger partial charge in [0.1, 0.15) is 0 Å². The lowest BCUT2D eigenvalue weighted by atomic mass is 10.1. The van der Waals surface area contributed by atoms with Crippen molar-refractivity contribution >= 4 is 11.6 Å². The van der Waals surface area contributed by atoms with E-state index < -0.39 is 29.0 Å². The summed E-state index contributed by atoms with van der Waals surface area (Å²) in [6, 6.07) is 5.24. The van der Waals surface area contributed by atoms with Crippen molar-refractivity contribution in [2.24, 2.45) is 0 Å². The highest BCUT2D eigenvalue weighted by Gasteiger charge is 2.14. The van der Waals surface area contributed by atoms with E-state index in [9.17, 15) is 19.4 Å². The lowest BCUT2D eigenvalue weighted by molar-refractivity contribution is 0.102. The van der Waals surface area contributed by atoms with Gasteiger partial charge in [-0.3, -0.25) is 4.79 Å². The van der Waals surface area contributed by atoms with Crippen molar-refractivity contribution in [3.05, 3.63) is 41.7 Å². The van der Waals surface area contributed by atoms with Gasteiger partial charge in [0.2, 0.25) is 0 Å². The van der Waals surface area contributed by atoms with Crippen LogP contribution >= 0.6 is 0 Å². The Bertz CT molecular complexity index is 663. The van der Waals surface area contributed by atoms with Crippen molar-refractivity contribution in [3.8, 4) is 23.0 Å². The third kappa shape index (κ3) is 2.56. The van der Waals surface area contributed by atoms with E-state index in [-0.39, 0.29) is 17.0 Å². The molecule has 104 valence electrons. The maximum Gasteiger partial charge on any atom is 0.255 e. The molecule has 0 atom stereocenters. The van der Waals surface area contributed by atoms with Crippen LogP contribution in [0.2, 0.25) is 0 Å². The quantitative estimate of drug-likeness (QED) is 0.426. The van der Waals surface area contributed by atoms with E-state index in [0.29, 0.717) is 0 Å². The molecule has 6 nitrogen and oxygen atoms in total. The topological polar surface area (TPSA) is 110 Å². The molecule has 2 rings (SSSR count). The summed E-state index contributed by atoms with van der Waals surface area (Å²) in [6.07, 6.45) is 0. The molecule has 7 heteroatoms. The first kappa shape index (κ1) is 13.5. The molecule has 0 fully saturated rings. The van der Waals surface area contributed by atoms with Crippen LogP contribution in [0.1, 0.15) is 10.4 Å². The zero-order valence-corrected chi connectivity index (χ0v) is 9.96. The summed E-state index contributed by atoms with van der Waals surface area (Å²) in [5.41, 5.74) is -0.0522. The van der Waals surface area contributed by atoms with E-state index in [2.05, 4.69) is 5.32 Å². The molecule has 0 aromatic heterocycles. The van der Waals surface area contributed by atoms with Crippen molar-refractivity contribution in [1.29, 1.82) is 0 Å². The predicted octanol–water partition coefficient (Wildman–Crippen LogP) is 1.90. The maximum absolute atomic E-state index is 13.2. The van der Waals surface area contributed by atoms with Crippen LogP contribution in [0, 0.1) is 5.82 Å². The van der Waals surface area contributed by atoms with Crippen molar-refractivity contribution in [3.63, 3.8) is 0 Å². The van der Waals surface area contributed by atoms with Crippen molar-refractivity contribution in [2.75, 3.05) is 5.32 Å². The molecular weight excluding hydrogens is 269 g/mol. The fraction of sp³-hybridized carbons (Fsp3) is 0. The van der Waals surface area contributed by atoms with Gasteiger partial charge in [0.15, 0.2) is 28.8 Å². The molecule has 0 aliphatic heterocycles. The molecule has 0 spiro atoms. The molecule has 5 N–H and O–H groups in total. The van der Waals surface area contributed by atoms with Crippen LogP contribution in [0.25, 0.3) is 0 Å². The highest BCUT2D eigenvalue weighted by molar-refractivity contribution is 6.04. The van der Waals surface area contributed by atoms with E-state index in [0.717, 1.165) is 18.2 Å². The van der Waals surface area contributed by atoms with Crippen LogP contribution in [-0.2, 0) is 0 Å². The Kier molecular flexibility index (Phi) is 3.34. The van der Waals surface area contributed by atoms with Gasteiger partial charge in [-0.05, 0) is 24.3 Å². The second-order valence-electron chi connectivity index (χ2n) is 3.98. The summed E-state index contributed by atoms with van der Waals surface area (Å²) in [5, 5.41) is 39.0. The summed E-state index contributed by atoms with van der Waals surface area (Å²) >= 11 is 0. The Labute approximate surface area is 112 Å². The van der Waals surface area contributed by atoms with Crippen LogP contribution in [-0.4, -0.2) is 26.3 Å². The average Bonchev–Trinajstić information content (AvgIpc) is 2.39. The summed E-state index contributed by atoms with van der Waals surface area (Å²) in [6.45, 7) is 0. The van der Waals surface area contributed by atoms with Crippen LogP contribution in [0.4, 0.5) is 10.1 Å². The molecule has 0 saturated carbocycles. The van der Waals surface area contributed by atoms with E-state index in [1.807, 2.05) is 0 Å². The molecule has 2 aromatic rings. The van der Waals surface area contributed by atoms with Gasteiger partial charge in [-0.2, -0.15) is 0 Å². The van der Waals surface area contributed by atoms with Gasteiger partial charge in [0.05, 0.1) is 0 Å². The number of hydrogen-bond acceptors (Lipinski definition) is 5. The van der Waals surface area contributed by atoms with E-state index >= 15 is 0 Å². The predicted molar refractivity (Wildman–Crippen MR) is 67.5 cm³/mol. The second kappa shape index (κ2) is 4.96. The van der Waals surface area contributed by atoms with Gasteiger partial charge >= 0.3 is 0 Å². The summed E-state index contributed by atoms with van der Waals surface area (Å²) in [7, 11) is 0. The van der Waals surface area contributed by atoms with Gasteiger partial charge in [-0.15, -0.1) is 0 Å². The minimum atomic E-state index is -1.14. The standard InChI is InChI=1S/C13H10FNO5/c14-8-3-6(4-11(18)12(8)19)13(20)15-7-1-2-9(16)10(17)5-7/h1-5,16-19H,(H,15,20). The number of carbonyl (C=O) groups excluding carboxylic acids is 1. The van der Waals surface area contributed by atoms with E-state index in [1.54, 1.807) is 0 Å². The number of carbonyl (C=O) groups is 1. The SMILES string of the molecule is O=C(Nc1ccc(O)c(O)c1)c1cc(O)c(O)c(F)c1. The first-order valence-electron chi connectivity index (χ1n) is 5.43. The second-order valence-corrected chi connectivity index (χ2v) is 3.98. The first-order valence-corrected chi connectivity index (χ1v) is 5.43. The minimum Gasteiger partial charge on any atom is -0.504 e. The van der Waals surface area contributed by atoms with Crippen molar-refractivity contribution < 1.29 is 29.6 Å². The number of halogens is 1. The van der Waals surface area contributed by atoms with Gasteiger partial charge in [-0.1, -0.05) is 0 Å². The Balaban J connectivity index is 2.26. The lowest BCUT2D eigenvalue weighted by Gasteiger charge is -2.08. The number of nitrogens with one attached hydrogen (secondary N) is 1. The molecule has 0 unspecified atom stereocenters. The highest BCUT2D eigenvalue weighted by atomic mass is 19.1. The zero-order valence-electron chi connectivity index (χ0n) is 9.96. The zero-order chi connectivity index (χ0) is 14.9. The number of rotatable bonds is 2. The molecule has 2 aromatic carbocycles. The molecule has 1 amide bonds. The maximum atomic E-state index is 13.2. The number of aromatic hydroxyl groups is 4. The van der Waals surface area contributed by atoms with Gasteiger partial charge in [0, 0.05) is 17.3 Å². The fourth-order valence-electron chi connectivity index (χ4n) is 1.52. The molecule has 0 saturated heterocycles. The fourth-order valence-corrected chi connectivity index (χ4v) is 1.52. The Hall–Kier alpha value is -2.96. The molecule has 0 aliphatic rings. The monoisotopic (exact) mass is 279 g/mol. The number of benzene rings is 2. The molecule has 0 radical (unpaired) electrons. The summed E-state index contributed by atoms with van der Waals surface area (Å²) < 4.78 is 13.2. The first-order chi connectivity index (χ1) is 9.38. The van der Waals surface area contributed by atoms with Crippen LogP contribution < -0.4 is 5.32 Å². The van der Waals surface area contributed by atoms with Crippen molar-refractivity contribution in [2.45, 2.75) is 0 Å². The number of amides is 1. The number of phenols is 4. The van der Waals surface area contributed by atoms with Gasteiger partial charge < -0.3 is 25.7 Å². The number of hydrogen-bond donors (Lipinski definition) is 5. The van der Waals surface area contributed by atoms with Crippen LogP contribution in [0.5, 0.6) is 23.0 Å². The Morgan fingerprint density at radius 3 is 2.25 bits per heavy atom. The van der Waals surface area contributed by atoms with E-state index in [4.69, 9.17) is 10.2 Å². The molecule has 0 aliphatic carbocycles. The molecular formula is C13H10FNO5. The Morgan fingerprint density at radius 2 is 1.65 bits per heavy atom. The normalized spacial score (nSPS) is 10.2. The number of phenolic OH excluding ortho intramolecular Hbond substituents is 4. The van der Waals surface area contributed by atoms with Crippen molar-refractivity contribution in [1.82, 2.24) is 0 Å². The Morgan fingerprint density at radius 1 is 0.950 bits per heavy atom. The third-order valence-corrected chi connectivity index (χ3v) is 2.54. The highest BCUT2D eigenvalue weighted by Crippen LogP contribution is 2.30. The average molecular weight is 279 g/mol. The van der Waals surface area contributed by atoms with Gasteiger partial charge in [0.25, 0.3) is 5.91 Å². The smallest absolute Gasteiger partial charge is 0.255 e. The van der Waals surface area contributed by atoms with E-state index in [1.165, 1.54) is 12.1 Å². The summed E-state index contributed by atoms with van der Waals surface area (Å²) in [5.74, 6) is -4.38. The third-order valence-electron chi connectivity index (χ3n) is 2.54. The van der Waals surface area contributed by atoms with Crippen LogP contribution in [0.15, 0.2) is 30.3 Å². The molecule has 0 heterocycles. The largest absolute Gasteiger partial charge is 0.504 e. The summed E-state index contributed by atoms with van der Waals surface area (Å²) in [4.78, 5) is 11.8. The van der Waals surface area contributed by atoms with Gasteiger partial charge in [-0.25, -0.2) is 4.39 Å². The molecule has 0 bridgehead atoms.